The molecule has 1 atom stereocenters. The summed E-state index contributed by atoms with van der Waals surface area (Å²) < 4.78 is 0. The number of carboxylic acid groups (broad SMARTS) is 1. The minimum absolute atomic E-state index is 0.0611. The van der Waals surface area contributed by atoms with Gasteiger partial charge < -0.3 is 10.8 Å². The number of rotatable bonds is 8. The number of aliphatic carboxylic acids is 1. The van der Waals surface area contributed by atoms with Crippen LogP contribution in [0.15, 0.2) is 0 Å². The second-order valence-corrected chi connectivity index (χ2v) is 3.93. The minimum Gasteiger partial charge on any atom is -0.481 e. The third kappa shape index (κ3) is 5.97. The van der Waals surface area contributed by atoms with Crippen molar-refractivity contribution in [3.63, 3.8) is 0 Å². The molecule has 14 heavy (non-hydrogen) atoms. The fourth-order valence-corrected chi connectivity index (χ4v) is 1.84. The highest BCUT2D eigenvalue weighted by Gasteiger charge is 2.16. The van der Waals surface area contributed by atoms with Gasteiger partial charge in [0.2, 0.25) is 0 Å². The van der Waals surface area contributed by atoms with Crippen LogP contribution in [-0.4, -0.2) is 17.1 Å². The number of nitrogens with two attached hydrogens (primary N) is 1. The lowest BCUT2D eigenvalue weighted by Crippen LogP contribution is -2.30. The molecule has 0 spiro atoms. The molecule has 0 bridgehead atoms. The lowest BCUT2D eigenvalue weighted by Gasteiger charge is -2.22. The second kappa shape index (κ2) is 7.80. The Kier molecular flexibility index (Phi) is 7.48. The molecule has 0 aromatic heterocycles. The molecule has 3 heteroatoms. The second-order valence-electron chi connectivity index (χ2n) is 3.93. The van der Waals surface area contributed by atoms with Crippen LogP contribution in [0.5, 0.6) is 0 Å². The molecule has 3 nitrogen and oxygen atoms in total. The summed E-state index contributed by atoms with van der Waals surface area (Å²) in [6.45, 7) is 4.29. The van der Waals surface area contributed by atoms with Crippen LogP contribution in [-0.2, 0) is 4.79 Å². The van der Waals surface area contributed by atoms with E-state index in [9.17, 15) is 4.79 Å². The zero-order valence-corrected chi connectivity index (χ0v) is 9.33. The molecule has 0 aliphatic rings. The van der Waals surface area contributed by atoms with E-state index in [1.165, 1.54) is 0 Å². The number of carboxylic acids is 1. The minimum atomic E-state index is -0.743. The lowest BCUT2D eigenvalue weighted by atomic mass is 9.88. The Balaban J connectivity index is 3.86. The Labute approximate surface area is 86.7 Å². The molecule has 0 saturated heterocycles. The monoisotopic (exact) mass is 201 g/mol. The summed E-state index contributed by atoms with van der Waals surface area (Å²) in [5, 5.41) is 8.55. The highest BCUT2D eigenvalue weighted by Crippen LogP contribution is 2.19. The molecule has 0 fully saturated rings. The molecule has 0 amide bonds. The van der Waals surface area contributed by atoms with Crippen LogP contribution < -0.4 is 5.73 Å². The van der Waals surface area contributed by atoms with E-state index >= 15 is 0 Å². The molecule has 0 rings (SSSR count). The molecular weight excluding hydrogens is 178 g/mol. The number of hydrogen-bond acceptors (Lipinski definition) is 2. The molecule has 1 unspecified atom stereocenters. The summed E-state index contributed by atoms with van der Waals surface area (Å²) in [6.07, 6.45) is 5.31. The molecule has 0 aliphatic heterocycles. The zero-order valence-electron chi connectivity index (χ0n) is 9.33. The van der Waals surface area contributed by atoms with Crippen LogP contribution in [0.4, 0.5) is 0 Å². The van der Waals surface area contributed by atoms with E-state index in [1.807, 2.05) is 0 Å². The molecule has 0 saturated carbocycles. The van der Waals surface area contributed by atoms with Crippen LogP contribution >= 0.6 is 0 Å². The Hall–Kier alpha value is -0.570. The molecule has 84 valence electrons. The highest BCUT2D eigenvalue weighted by atomic mass is 16.4. The molecular formula is C11H23NO2. The molecule has 0 aromatic carbocycles. The van der Waals surface area contributed by atoms with Gasteiger partial charge in [-0.3, -0.25) is 4.79 Å². The van der Waals surface area contributed by atoms with Gasteiger partial charge in [0.1, 0.15) is 0 Å². The molecule has 0 radical (unpaired) electrons. The van der Waals surface area contributed by atoms with Crippen LogP contribution in [0.3, 0.4) is 0 Å². The standard InChI is InChI=1S/C11H23NO2/c1-3-5-9(6-4-2)10(12)7-8-11(13)14/h9-10H,3-8,12H2,1-2H3,(H,13,14). The van der Waals surface area contributed by atoms with Crippen molar-refractivity contribution >= 4 is 5.97 Å². The Morgan fingerprint density at radius 3 is 2.07 bits per heavy atom. The van der Waals surface area contributed by atoms with E-state index in [0.29, 0.717) is 12.3 Å². The number of carbonyl (C=O) groups is 1. The van der Waals surface area contributed by atoms with Gasteiger partial charge in [-0.25, -0.2) is 0 Å². The van der Waals surface area contributed by atoms with Gasteiger partial charge in [-0.05, 0) is 25.2 Å². The smallest absolute Gasteiger partial charge is 0.303 e. The van der Waals surface area contributed by atoms with E-state index in [1.54, 1.807) is 0 Å². The van der Waals surface area contributed by atoms with Crippen molar-refractivity contribution in [2.45, 2.75) is 58.4 Å². The predicted molar refractivity (Wildman–Crippen MR) is 58.2 cm³/mol. The van der Waals surface area contributed by atoms with Gasteiger partial charge >= 0.3 is 5.97 Å². The van der Waals surface area contributed by atoms with Crippen molar-refractivity contribution < 1.29 is 9.90 Å². The topological polar surface area (TPSA) is 63.3 Å². The third-order valence-corrected chi connectivity index (χ3v) is 2.62. The van der Waals surface area contributed by atoms with E-state index in [-0.39, 0.29) is 12.5 Å². The van der Waals surface area contributed by atoms with Crippen LogP contribution in [0, 0.1) is 5.92 Å². The number of hydrogen-bond donors (Lipinski definition) is 2. The van der Waals surface area contributed by atoms with Crippen LogP contribution in [0.2, 0.25) is 0 Å². The maximum atomic E-state index is 10.4. The van der Waals surface area contributed by atoms with Gasteiger partial charge in [0.15, 0.2) is 0 Å². The molecule has 3 N–H and O–H groups in total. The van der Waals surface area contributed by atoms with Crippen molar-refractivity contribution in [1.29, 1.82) is 0 Å². The van der Waals surface area contributed by atoms with Crippen molar-refractivity contribution in [1.82, 2.24) is 0 Å². The summed E-state index contributed by atoms with van der Waals surface area (Å²) in [4.78, 5) is 10.4. The van der Waals surface area contributed by atoms with Crippen molar-refractivity contribution in [2.24, 2.45) is 11.7 Å². The lowest BCUT2D eigenvalue weighted by molar-refractivity contribution is -0.137. The first-order valence-corrected chi connectivity index (χ1v) is 5.59. The highest BCUT2D eigenvalue weighted by molar-refractivity contribution is 5.66. The summed E-state index contributed by atoms with van der Waals surface area (Å²) in [5.74, 6) is -0.239. The van der Waals surface area contributed by atoms with E-state index < -0.39 is 5.97 Å². The average molecular weight is 201 g/mol. The fraction of sp³-hybridized carbons (Fsp3) is 0.909. The van der Waals surface area contributed by atoms with Crippen LogP contribution in [0.25, 0.3) is 0 Å². The summed E-state index contributed by atoms with van der Waals surface area (Å²) in [7, 11) is 0. The Morgan fingerprint density at radius 1 is 1.21 bits per heavy atom. The fourth-order valence-electron chi connectivity index (χ4n) is 1.84. The van der Waals surface area contributed by atoms with Crippen molar-refractivity contribution in [3.8, 4) is 0 Å². The Morgan fingerprint density at radius 2 is 1.71 bits per heavy atom. The quantitative estimate of drug-likeness (QED) is 0.633. The molecule has 0 aliphatic carbocycles. The van der Waals surface area contributed by atoms with Crippen LogP contribution in [0.1, 0.15) is 52.4 Å². The first-order chi connectivity index (χ1) is 6.61. The predicted octanol–water partition coefficient (Wildman–Crippen LogP) is 2.39. The summed E-state index contributed by atoms with van der Waals surface area (Å²) in [5.41, 5.74) is 5.98. The van der Waals surface area contributed by atoms with Gasteiger partial charge in [-0.1, -0.05) is 26.7 Å². The normalized spacial score (nSPS) is 13.1. The Bertz CT molecular complexity index is 153. The van der Waals surface area contributed by atoms with Gasteiger partial charge in [0.05, 0.1) is 0 Å². The maximum Gasteiger partial charge on any atom is 0.303 e. The first-order valence-electron chi connectivity index (χ1n) is 5.59. The third-order valence-electron chi connectivity index (χ3n) is 2.62. The van der Waals surface area contributed by atoms with Gasteiger partial charge in [0.25, 0.3) is 0 Å². The first kappa shape index (κ1) is 13.4. The zero-order chi connectivity index (χ0) is 11.0. The van der Waals surface area contributed by atoms with E-state index in [2.05, 4.69) is 13.8 Å². The largest absolute Gasteiger partial charge is 0.481 e. The van der Waals surface area contributed by atoms with Crippen molar-refractivity contribution in [2.75, 3.05) is 0 Å². The van der Waals surface area contributed by atoms with Gasteiger partial charge in [-0.15, -0.1) is 0 Å². The average Bonchev–Trinajstić information content (AvgIpc) is 2.14. The summed E-state index contributed by atoms with van der Waals surface area (Å²) >= 11 is 0. The van der Waals surface area contributed by atoms with E-state index in [0.717, 1.165) is 25.7 Å². The summed E-state index contributed by atoms with van der Waals surface area (Å²) in [6, 6.07) is 0.0611. The van der Waals surface area contributed by atoms with Gasteiger partial charge in [0, 0.05) is 12.5 Å². The van der Waals surface area contributed by atoms with Gasteiger partial charge in [-0.2, -0.15) is 0 Å². The molecule has 0 aromatic rings. The maximum absolute atomic E-state index is 10.4. The van der Waals surface area contributed by atoms with E-state index in [4.69, 9.17) is 10.8 Å². The SMILES string of the molecule is CCCC(CCC)C(N)CCC(=O)O. The van der Waals surface area contributed by atoms with Crippen molar-refractivity contribution in [3.05, 3.63) is 0 Å². The molecule has 0 heterocycles.